The smallest absolute Gasteiger partial charge is 0.326 e. The maximum absolute atomic E-state index is 12.7. The van der Waals surface area contributed by atoms with Crippen molar-refractivity contribution in [3.63, 3.8) is 0 Å². The number of amides is 2. The highest BCUT2D eigenvalue weighted by Crippen LogP contribution is 2.03. The zero-order valence-electron chi connectivity index (χ0n) is 11.7. The molecule has 0 fully saturated rings. The third-order valence-corrected chi connectivity index (χ3v) is 2.85. The topological polar surface area (TPSA) is 116 Å². The Morgan fingerprint density at radius 1 is 1.14 bits per heavy atom. The molecular formula is C14H17FN2O5. The van der Waals surface area contributed by atoms with Gasteiger partial charge in [0.25, 0.3) is 0 Å². The van der Waals surface area contributed by atoms with Crippen LogP contribution in [-0.4, -0.2) is 34.2 Å². The maximum atomic E-state index is 12.7. The number of benzene rings is 1. The SMILES string of the molecule is O=C(O)CCCC(NC(=O)NCc1ccc(F)cc1)C(=O)O. The number of carboxylic acid groups (broad SMARTS) is 2. The normalized spacial score (nSPS) is 11.5. The van der Waals surface area contributed by atoms with Gasteiger partial charge in [-0.1, -0.05) is 12.1 Å². The van der Waals surface area contributed by atoms with Crippen molar-refractivity contribution in [3.05, 3.63) is 35.6 Å². The van der Waals surface area contributed by atoms with E-state index in [-0.39, 0.29) is 25.8 Å². The second-order valence-electron chi connectivity index (χ2n) is 4.63. The number of carbonyl (C=O) groups excluding carboxylic acids is 1. The third kappa shape index (κ3) is 6.69. The molecule has 22 heavy (non-hydrogen) atoms. The van der Waals surface area contributed by atoms with Crippen LogP contribution in [0.1, 0.15) is 24.8 Å². The summed E-state index contributed by atoms with van der Waals surface area (Å²) in [4.78, 5) is 33.0. The van der Waals surface area contributed by atoms with Gasteiger partial charge in [0, 0.05) is 13.0 Å². The molecule has 1 atom stereocenters. The molecule has 7 nitrogen and oxygen atoms in total. The number of nitrogens with one attached hydrogen (secondary N) is 2. The Kier molecular flexibility index (Phi) is 6.81. The van der Waals surface area contributed by atoms with Crippen LogP contribution in [-0.2, 0) is 16.1 Å². The second kappa shape index (κ2) is 8.60. The Morgan fingerprint density at radius 2 is 1.77 bits per heavy atom. The predicted octanol–water partition coefficient (Wildman–Crippen LogP) is 1.33. The van der Waals surface area contributed by atoms with Crippen LogP contribution in [0.3, 0.4) is 0 Å². The Balaban J connectivity index is 2.40. The fourth-order valence-electron chi connectivity index (χ4n) is 1.71. The quantitative estimate of drug-likeness (QED) is 0.578. The zero-order chi connectivity index (χ0) is 16.5. The minimum absolute atomic E-state index is 0.0194. The van der Waals surface area contributed by atoms with Crippen LogP contribution >= 0.6 is 0 Å². The molecule has 0 saturated carbocycles. The minimum Gasteiger partial charge on any atom is -0.481 e. The maximum Gasteiger partial charge on any atom is 0.326 e. The molecule has 1 aromatic carbocycles. The van der Waals surface area contributed by atoms with E-state index in [9.17, 15) is 18.8 Å². The summed E-state index contributed by atoms with van der Waals surface area (Å²) in [5.41, 5.74) is 0.661. The molecule has 0 aliphatic rings. The monoisotopic (exact) mass is 312 g/mol. The van der Waals surface area contributed by atoms with Gasteiger partial charge in [0.15, 0.2) is 0 Å². The lowest BCUT2D eigenvalue weighted by atomic mass is 10.1. The number of hydrogen-bond donors (Lipinski definition) is 4. The molecule has 0 radical (unpaired) electrons. The van der Waals surface area contributed by atoms with Crippen molar-refractivity contribution in [3.8, 4) is 0 Å². The summed E-state index contributed by atoms with van der Waals surface area (Å²) in [6.07, 6.45) is -0.00119. The number of carbonyl (C=O) groups is 3. The lowest BCUT2D eigenvalue weighted by molar-refractivity contribution is -0.140. The average Bonchev–Trinajstić information content (AvgIpc) is 2.45. The van der Waals surface area contributed by atoms with E-state index in [2.05, 4.69) is 10.6 Å². The molecule has 1 rings (SSSR count). The van der Waals surface area contributed by atoms with Crippen molar-refractivity contribution < 1.29 is 29.0 Å². The average molecular weight is 312 g/mol. The number of rotatable bonds is 8. The predicted molar refractivity (Wildman–Crippen MR) is 74.7 cm³/mol. The highest BCUT2D eigenvalue weighted by molar-refractivity contribution is 5.82. The number of hydrogen-bond acceptors (Lipinski definition) is 3. The van der Waals surface area contributed by atoms with E-state index in [1.165, 1.54) is 24.3 Å². The van der Waals surface area contributed by atoms with Gasteiger partial charge < -0.3 is 20.8 Å². The van der Waals surface area contributed by atoms with Crippen LogP contribution in [0.15, 0.2) is 24.3 Å². The Hall–Kier alpha value is -2.64. The number of aliphatic carboxylic acids is 2. The number of carboxylic acids is 2. The third-order valence-electron chi connectivity index (χ3n) is 2.85. The Labute approximate surface area is 126 Å². The fourth-order valence-corrected chi connectivity index (χ4v) is 1.71. The molecule has 4 N–H and O–H groups in total. The molecule has 0 heterocycles. The van der Waals surface area contributed by atoms with Crippen LogP contribution in [0, 0.1) is 5.82 Å². The van der Waals surface area contributed by atoms with Crippen molar-refractivity contribution >= 4 is 18.0 Å². The van der Waals surface area contributed by atoms with Crippen LogP contribution in [0.5, 0.6) is 0 Å². The summed E-state index contributed by atoms with van der Waals surface area (Å²) in [6, 6.07) is 3.65. The molecule has 0 aliphatic carbocycles. The van der Waals surface area contributed by atoms with Gasteiger partial charge in [-0.15, -0.1) is 0 Å². The summed E-state index contributed by atoms with van der Waals surface area (Å²) >= 11 is 0. The van der Waals surface area contributed by atoms with E-state index >= 15 is 0 Å². The van der Waals surface area contributed by atoms with Crippen LogP contribution in [0.2, 0.25) is 0 Å². The molecule has 0 spiro atoms. The molecule has 0 aromatic heterocycles. The number of urea groups is 1. The molecule has 1 unspecified atom stereocenters. The van der Waals surface area contributed by atoms with Gasteiger partial charge in [-0.3, -0.25) is 4.79 Å². The first kappa shape index (κ1) is 17.4. The molecule has 8 heteroatoms. The molecule has 0 saturated heterocycles. The highest BCUT2D eigenvalue weighted by atomic mass is 19.1. The Morgan fingerprint density at radius 3 is 2.32 bits per heavy atom. The lowest BCUT2D eigenvalue weighted by Crippen LogP contribution is -2.45. The van der Waals surface area contributed by atoms with Gasteiger partial charge in [0.1, 0.15) is 11.9 Å². The summed E-state index contributed by atoms with van der Waals surface area (Å²) in [6.45, 7) is 0.119. The van der Waals surface area contributed by atoms with E-state index in [0.29, 0.717) is 5.56 Å². The first-order valence-corrected chi connectivity index (χ1v) is 6.62. The van der Waals surface area contributed by atoms with Crippen LogP contribution in [0.25, 0.3) is 0 Å². The van der Waals surface area contributed by atoms with Crippen molar-refractivity contribution in [1.82, 2.24) is 10.6 Å². The first-order chi connectivity index (χ1) is 10.4. The van der Waals surface area contributed by atoms with E-state index in [1.54, 1.807) is 0 Å². The van der Waals surface area contributed by atoms with Gasteiger partial charge in [-0.05, 0) is 30.5 Å². The first-order valence-electron chi connectivity index (χ1n) is 6.62. The van der Waals surface area contributed by atoms with E-state index in [0.717, 1.165) is 0 Å². The van der Waals surface area contributed by atoms with Crippen molar-refractivity contribution in [2.24, 2.45) is 0 Å². The lowest BCUT2D eigenvalue weighted by Gasteiger charge is -2.14. The van der Waals surface area contributed by atoms with Crippen LogP contribution in [0.4, 0.5) is 9.18 Å². The highest BCUT2D eigenvalue weighted by Gasteiger charge is 2.19. The van der Waals surface area contributed by atoms with Gasteiger partial charge in [-0.2, -0.15) is 0 Å². The van der Waals surface area contributed by atoms with Gasteiger partial charge in [-0.25, -0.2) is 14.0 Å². The van der Waals surface area contributed by atoms with E-state index in [1.807, 2.05) is 0 Å². The van der Waals surface area contributed by atoms with Crippen LogP contribution < -0.4 is 10.6 Å². The van der Waals surface area contributed by atoms with Crippen molar-refractivity contribution in [2.75, 3.05) is 0 Å². The molecular weight excluding hydrogens is 295 g/mol. The molecule has 120 valence electrons. The zero-order valence-corrected chi connectivity index (χ0v) is 11.7. The largest absolute Gasteiger partial charge is 0.481 e. The molecule has 0 bridgehead atoms. The van der Waals surface area contributed by atoms with Gasteiger partial charge in [0.05, 0.1) is 0 Å². The summed E-state index contributed by atoms with van der Waals surface area (Å²) in [5.74, 6) is -2.65. The standard InChI is InChI=1S/C14H17FN2O5/c15-10-6-4-9(5-7-10)8-16-14(22)17-11(13(20)21)2-1-3-12(18)19/h4-7,11H,1-3,8H2,(H,18,19)(H,20,21)(H2,16,17,22). The van der Waals surface area contributed by atoms with Gasteiger partial charge in [0.2, 0.25) is 0 Å². The molecule has 2 amide bonds. The van der Waals surface area contributed by atoms with E-state index in [4.69, 9.17) is 10.2 Å². The van der Waals surface area contributed by atoms with Gasteiger partial charge >= 0.3 is 18.0 Å². The summed E-state index contributed by atoms with van der Waals surface area (Å²) in [5, 5.41) is 22.2. The molecule has 1 aromatic rings. The Bertz CT molecular complexity index is 533. The summed E-state index contributed by atoms with van der Waals surface area (Å²) < 4.78 is 12.7. The molecule has 0 aliphatic heterocycles. The number of halogens is 1. The van der Waals surface area contributed by atoms with E-state index < -0.39 is 29.8 Å². The minimum atomic E-state index is -1.23. The van der Waals surface area contributed by atoms with Crippen molar-refractivity contribution in [2.45, 2.75) is 31.8 Å². The fraction of sp³-hybridized carbons (Fsp3) is 0.357. The summed E-state index contributed by atoms with van der Waals surface area (Å²) in [7, 11) is 0. The van der Waals surface area contributed by atoms with Crippen molar-refractivity contribution in [1.29, 1.82) is 0 Å². The second-order valence-corrected chi connectivity index (χ2v) is 4.63.